The molecule has 3 atom stereocenters. The molecule has 5 nitrogen and oxygen atoms in total. The Kier molecular flexibility index (Phi) is 6.49. The number of carbonyl (C=O) groups excluding carboxylic acids is 2. The maximum Gasteiger partial charge on any atom is 0.407 e. The van der Waals surface area contributed by atoms with Crippen LogP contribution >= 0.6 is 0 Å². The van der Waals surface area contributed by atoms with Crippen molar-refractivity contribution in [1.29, 1.82) is 0 Å². The van der Waals surface area contributed by atoms with Crippen LogP contribution in [0.2, 0.25) is 0 Å². The topological polar surface area (TPSA) is 67.4 Å². The Labute approximate surface area is 128 Å². The lowest BCUT2D eigenvalue weighted by atomic mass is 9.93. The van der Waals surface area contributed by atoms with Crippen LogP contribution in [0.3, 0.4) is 0 Å². The third-order valence-electron chi connectivity index (χ3n) is 4.12. The van der Waals surface area contributed by atoms with Crippen LogP contribution in [0, 0.1) is 11.8 Å². The van der Waals surface area contributed by atoms with Gasteiger partial charge in [0.1, 0.15) is 5.60 Å². The molecule has 1 fully saturated rings. The van der Waals surface area contributed by atoms with Crippen LogP contribution in [0.1, 0.15) is 60.3 Å². The number of hydrogen-bond donors (Lipinski definition) is 2. The molecule has 0 aliphatic heterocycles. The summed E-state index contributed by atoms with van der Waals surface area (Å²) in [7, 11) is 0. The zero-order valence-corrected chi connectivity index (χ0v) is 14.0. The van der Waals surface area contributed by atoms with Gasteiger partial charge in [-0.2, -0.15) is 0 Å². The van der Waals surface area contributed by atoms with Gasteiger partial charge in [0.25, 0.3) is 0 Å². The summed E-state index contributed by atoms with van der Waals surface area (Å²) in [6, 6.07) is 0.281. The molecule has 122 valence electrons. The molecule has 0 aromatic heterocycles. The standard InChI is InChI=1S/C16H30N2O3/c1-6-12-7-8-13(11(12)2)18-14(19)9-10-17-15(20)21-16(3,4)5/h11-13H,6-10H2,1-5H3,(H,17,20)(H,18,19). The Bertz CT molecular complexity index is 363. The number of rotatable bonds is 5. The molecule has 0 aromatic rings. The van der Waals surface area contributed by atoms with Gasteiger partial charge in [0.15, 0.2) is 0 Å². The summed E-state index contributed by atoms with van der Waals surface area (Å²) < 4.78 is 5.12. The second kappa shape index (κ2) is 7.66. The molecule has 1 rings (SSSR count). The fourth-order valence-corrected chi connectivity index (χ4v) is 2.90. The zero-order chi connectivity index (χ0) is 16.0. The van der Waals surface area contributed by atoms with Gasteiger partial charge in [-0.05, 0) is 45.4 Å². The van der Waals surface area contributed by atoms with Crippen molar-refractivity contribution in [2.45, 2.75) is 71.9 Å². The van der Waals surface area contributed by atoms with E-state index in [4.69, 9.17) is 4.74 Å². The average Bonchev–Trinajstić information content (AvgIpc) is 2.68. The van der Waals surface area contributed by atoms with Crippen LogP contribution < -0.4 is 10.6 Å². The van der Waals surface area contributed by atoms with Gasteiger partial charge in [-0.3, -0.25) is 4.79 Å². The van der Waals surface area contributed by atoms with E-state index in [0.717, 1.165) is 12.3 Å². The number of alkyl carbamates (subject to hydrolysis) is 1. The van der Waals surface area contributed by atoms with Crippen LogP contribution in [-0.4, -0.2) is 30.2 Å². The molecule has 0 heterocycles. The van der Waals surface area contributed by atoms with Gasteiger partial charge in [-0.15, -0.1) is 0 Å². The number of hydrogen-bond acceptors (Lipinski definition) is 3. The van der Waals surface area contributed by atoms with Crippen LogP contribution in [-0.2, 0) is 9.53 Å². The van der Waals surface area contributed by atoms with Gasteiger partial charge in [0, 0.05) is 19.0 Å². The second-order valence-corrected chi connectivity index (χ2v) is 6.96. The van der Waals surface area contributed by atoms with E-state index >= 15 is 0 Å². The van der Waals surface area contributed by atoms with Gasteiger partial charge in [-0.1, -0.05) is 20.3 Å². The molecule has 2 amide bonds. The molecular weight excluding hydrogens is 268 g/mol. The summed E-state index contributed by atoms with van der Waals surface area (Å²) in [5, 5.41) is 5.69. The van der Waals surface area contributed by atoms with E-state index in [1.807, 2.05) is 20.8 Å². The van der Waals surface area contributed by atoms with E-state index in [1.54, 1.807) is 0 Å². The predicted molar refractivity (Wildman–Crippen MR) is 83.0 cm³/mol. The van der Waals surface area contributed by atoms with Crippen molar-refractivity contribution < 1.29 is 14.3 Å². The van der Waals surface area contributed by atoms with Crippen molar-refractivity contribution >= 4 is 12.0 Å². The minimum absolute atomic E-state index is 0.000313. The molecule has 2 N–H and O–H groups in total. The van der Waals surface area contributed by atoms with Crippen molar-refractivity contribution in [3.63, 3.8) is 0 Å². The summed E-state index contributed by atoms with van der Waals surface area (Å²) in [5.74, 6) is 1.26. The van der Waals surface area contributed by atoms with E-state index in [2.05, 4.69) is 24.5 Å². The first-order chi connectivity index (χ1) is 9.73. The highest BCUT2D eigenvalue weighted by Crippen LogP contribution is 2.33. The lowest BCUT2D eigenvalue weighted by Crippen LogP contribution is -2.40. The molecule has 0 saturated heterocycles. The first kappa shape index (κ1) is 17.8. The van der Waals surface area contributed by atoms with E-state index in [1.165, 1.54) is 12.8 Å². The lowest BCUT2D eigenvalue weighted by Gasteiger charge is -2.21. The third kappa shape index (κ3) is 6.36. The fourth-order valence-electron chi connectivity index (χ4n) is 2.90. The van der Waals surface area contributed by atoms with Crippen molar-refractivity contribution in [2.24, 2.45) is 11.8 Å². The quantitative estimate of drug-likeness (QED) is 0.820. The van der Waals surface area contributed by atoms with E-state index in [0.29, 0.717) is 18.9 Å². The minimum atomic E-state index is -0.513. The van der Waals surface area contributed by atoms with Crippen LogP contribution in [0.5, 0.6) is 0 Å². The highest BCUT2D eigenvalue weighted by atomic mass is 16.6. The number of amides is 2. The molecule has 0 radical (unpaired) electrons. The molecule has 1 saturated carbocycles. The molecule has 0 aromatic carbocycles. The second-order valence-electron chi connectivity index (χ2n) is 6.96. The zero-order valence-electron chi connectivity index (χ0n) is 14.0. The summed E-state index contributed by atoms with van der Waals surface area (Å²) in [5.41, 5.74) is -0.513. The lowest BCUT2D eigenvalue weighted by molar-refractivity contribution is -0.121. The smallest absolute Gasteiger partial charge is 0.407 e. The molecule has 5 heteroatoms. The summed E-state index contributed by atoms with van der Waals surface area (Å²) >= 11 is 0. The summed E-state index contributed by atoms with van der Waals surface area (Å²) in [6.45, 7) is 10.2. The third-order valence-corrected chi connectivity index (χ3v) is 4.12. The monoisotopic (exact) mass is 298 g/mol. The molecule has 0 spiro atoms. The Morgan fingerprint density at radius 2 is 1.90 bits per heavy atom. The normalized spacial score (nSPS) is 25.5. The first-order valence-corrected chi connectivity index (χ1v) is 7.99. The summed E-state index contributed by atoms with van der Waals surface area (Å²) in [6.07, 6.45) is 3.24. The highest BCUT2D eigenvalue weighted by Gasteiger charge is 2.32. The molecule has 0 bridgehead atoms. The van der Waals surface area contributed by atoms with Crippen molar-refractivity contribution in [1.82, 2.24) is 10.6 Å². The summed E-state index contributed by atoms with van der Waals surface area (Å²) in [4.78, 5) is 23.4. The van der Waals surface area contributed by atoms with E-state index < -0.39 is 11.7 Å². The minimum Gasteiger partial charge on any atom is -0.444 e. The highest BCUT2D eigenvalue weighted by molar-refractivity contribution is 5.77. The van der Waals surface area contributed by atoms with Crippen LogP contribution in [0.4, 0.5) is 4.79 Å². The van der Waals surface area contributed by atoms with Crippen LogP contribution in [0.15, 0.2) is 0 Å². The average molecular weight is 298 g/mol. The molecular formula is C16H30N2O3. The molecule has 1 aliphatic rings. The number of nitrogens with one attached hydrogen (secondary N) is 2. The largest absolute Gasteiger partial charge is 0.444 e. The predicted octanol–water partition coefficient (Wildman–Crippen LogP) is 2.84. The van der Waals surface area contributed by atoms with Crippen molar-refractivity contribution in [2.75, 3.05) is 6.54 Å². The Morgan fingerprint density at radius 3 is 2.43 bits per heavy atom. The van der Waals surface area contributed by atoms with Gasteiger partial charge < -0.3 is 15.4 Å². The van der Waals surface area contributed by atoms with Gasteiger partial charge in [0.2, 0.25) is 5.91 Å². The van der Waals surface area contributed by atoms with E-state index in [9.17, 15) is 9.59 Å². The van der Waals surface area contributed by atoms with E-state index in [-0.39, 0.29) is 11.9 Å². The van der Waals surface area contributed by atoms with Gasteiger partial charge >= 0.3 is 6.09 Å². The number of ether oxygens (including phenoxy) is 1. The first-order valence-electron chi connectivity index (χ1n) is 7.99. The Balaban J connectivity index is 2.22. The SMILES string of the molecule is CCC1CCC(NC(=O)CCNC(=O)OC(C)(C)C)C1C. The molecule has 1 aliphatic carbocycles. The van der Waals surface area contributed by atoms with Gasteiger partial charge in [-0.25, -0.2) is 4.79 Å². The van der Waals surface area contributed by atoms with Crippen LogP contribution in [0.25, 0.3) is 0 Å². The Morgan fingerprint density at radius 1 is 1.24 bits per heavy atom. The molecule has 3 unspecified atom stereocenters. The fraction of sp³-hybridized carbons (Fsp3) is 0.875. The maximum absolute atomic E-state index is 11.9. The Hall–Kier alpha value is -1.26. The maximum atomic E-state index is 11.9. The van der Waals surface area contributed by atoms with Crippen molar-refractivity contribution in [3.8, 4) is 0 Å². The van der Waals surface area contributed by atoms with Crippen molar-refractivity contribution in [3.05, 3.63) is 0 Å². The van der Waals surface area contributed by atoms with Gasteiger partial charge in [0.05, 0.1) is 0 Å². The number of carbonyl (C=O) groups is 2. The molecule has 21 heavy (non-hydrogen) atoms.